The molecule has 0 aliphatic rings. The van der Waals surface area contributed by atoms with Gasteiger partial charge in [-0.2, -0.15) is 0 Å². The molecule has 0 aliphatic heterocycles. The van der Waals surface area contributed by atoms with Gasteiger partial charge in [0.05, 0.1) is 29.8 Å². The third kappa shape index (κ3) is 7.25. The molecule has 214 valence electrons. The first kappa shape index (κ1) is 30.8. The Kier molecular flexibility index (Phi) is 10.8. The summed E-state index contributed by atoms with van der Waals surface area (Å²) in [6.45, 7) is 3.50. The van der Waals surface area contributed by atoms with Crippen LogP contribution in [0.5, 0.6) is 11.5 Å². The molecule has 2 amide bonds. The van der Waals surface area contributed by atoms with Crippen LogP contribution < -0.4 is 19.1 Å². The van der Waals surface area contributed by atoms with E-state index in [1.54, 1.807) is 63.4 Å². The smallest absolute Gasteiger partial charge is 0.264 e. The summed E-state index contributed by atoms with van der Waals surface area (Å²) in [4.78, 5) is 28.4. The highest BCUT2D eigenvalue weighted by molar-refractivity contribution is 7.92. The Labute approximate surface area is 240 Å². The second-order valence-electron chi connectivity index (χ2n) is 8.83. The lowest BCUT2D eigenvalue weighted by Crippen LogP contribution is -2.52. The highest BCUT2D eigenvalue weighted by atomic mass is 35.5. The van der Waals surface area contributed by atoms with Crippen molar-refractivity contribution in [2.24, 2.45) is 0 Å². The summed E-state index contributed by atoms with van der Waals surface area (Å²) in [5, 5.41) is 2.97. The average molecular weight is 588 g/mol. The molecule has 3 aromatic rings. The Morgan fingerprint density at radius 2 is 1.62 bits per heavy atom. The number of anilines is 1. The number of amides is 2. The van der Waals surface area contributed by atoms with Crippen molar-refractivity contribution in [3.05, 3.63) is 83.4 Å². The summed E-state index contributed by atoms with van der Waals surface area (Å²) in [6.07, 6.45) is 0.327. The molecule has 1 N–H and O–H groups in total. The number of hydrogen-bond acceptors (Lipinski definition) is 6. The number of likely N-dealkylation sites (N-methyl/N-ethyl adjacent to an activating group) is 1. The van der Waals surface area contributed by atoms with Crippen molar-refractivity contribution in [3.63, 3.8) is 0 Å². The summed E-state index contributed by atoms with van der Waals surface area (Å²) < 4.78 is 39.1. The van der Waals surface area contributed by atoms with Gasteiger partial charge in [-0.3, -0.25) is 13.9 Å². The molecule has 1 atom stereocenters. The van der Waals surface area contributed by atoms with Crippen LogP contribution >= 0.6 is 11.6 Å². The fourth-order valence-electron chi connectivity index (χ4n) is 4.20. The number of sulfonamides is 1. The molecule has 0 bridgehead atoms. The molecule has 0 aromatic heterocycles. The van der Waals surface area contributed by atoms with E-state index in [-0.39, 0.29) is 28.1 Å². The number of nitrogens with one attached hydrogen (secondary N) is 1. The van der Waals surface area contributed by atoms with E-state index in [9.17, 15) is 18.0 Å². The SMILES string of the molecule is CCNC(=O)C(CC)N(Cc1ccc(OC)cc1)C(=O)CN(c1ccc(OC)c(Cl)c1)S(=O)(=O)c1ccccc1. The molecule has 3 rings (SSSR count). The molecule has 3 aromatic carbocycles. The van der Waals surface area contributed by atoms with Crippen LogP contribution in [0.15, 0.2) is 77.7 Å². The van der Waals surface area contributed by atoms with Gasteiger partial charge in [-0.1, -0.05) is 48.9 Å². The number of hydrogen-bond donors (Lipinski definition) is 1. The maximum Gasteiger partial charge on any atom is 0.264 e. The number of carbonyl (C=O) groups excluding carboxylic acids is 2. The fourth-order valence-corrected chi connectivity index (χ4v) is 5.88. The zero-order chi connectivity index (χ0) is 29.3. The van der Waals surface area contributed by atoms with Crippen molar-refractivity contribution in [1.82, 2.24) is 10.2 Å². The van der Waals surface area contributed by atoms with Crippen molar-refractivity contribution in [2.75, 3.05) is 31.6 Å². The van der Waals surface area contributed by atoms with E-state index < -0.39 is 28.5 Å². The summed E-state index contributed by atoms with van der Waals surface area (Å²) >= 11 is 6.35. The van der Waals surface area contributed by atoms with E-state index >= 15 is 0 Å². The number of methoxy groups -OCH3 is 2. The first-order valence-corrected chi connectivity index (χ1v) is 14.6. The molecule has 0 aliphatic carbocycles. The van der Waals surface area contributed by atoms with Gasteiger partial charge in [0.25, 0.3) is 10.0 Å². The summed E-state index contributed by atoms with van der Waals surface area (Å²) in [6, 6.07) is 18.6. The molecule has 1 unspecified atom stereocenters. The Morgan fingerprint density at radius 3 is 2.17 bits per heavy atom. The molecular formula is C29H34ClN3O6S. The molecule has 0 heterocycles. The lowest BCUT2D eigenvalue weighted by Gasteiger charge is -2.33. The van der Waals surface area contributed by atoms with Gasteiger partial charge in [0.2, 0.25) is 11.8 Å². The van der Waals surface area contributed by atoms with E-state index in [2.05, 4.69) is 5.32 Å². The van der Waals surface area contributed by atoms with Crippen molar-refractivity contribution in [3.8, 4) is 11.5 Å². The maximum absolute atomic E-state index is 14.0. The first-order chi connectivity index (χ1) is 19.2. The molecule has 11 heteroatoms. The minimum atomic E-state index is -4.19. The van der Waals surface area contributed by atoms with Crippen LogP contribution in [0.1, 0.15) is 25.8 Å². The minimum Gasteiger partial charge on any atom is -0.497 e. The van der Waals surface area contributed by atoms with Crippen molar-refractivity contribution in [2.45, 2.75) is 37.8 Å². The number of nitrogens with zero attached hydrogens (tertiary/aromatic N) is 2. The van der Waals surface area contributed by atoms with E-state index in [1.165, 1.54) is 42.3 Å². The Bertz CT molecular complexity index is 1400. The van der Waals surface area contributed by atoms with Crippen LogP contribution in [-0.2, 0) is 26.2 Å². The van der Waals surface area contributed by atoms with E-state index in [0.717, 1.165) is 9.87 Å². The van der Waals surface area contributed by atoms with Crippen LogP contribution in [0, 0.1) is 0 Å². The number of carbonyl (C=O) groups is 2. The normalized spacial score (nSPS) is 11.8. The third-order valence-corrected chi connectivity index (χ3v) is 8.37. The zero-order valence-electron chi connectivity index (χ0n) is 23.0. The number of benzene rings is 3. The predicted octanol–water partition coefficient (Wildman–Crippen LogP) is 4.50. The Morgan fingerprint density at radius 1 is 0.950 bits per heavy atom. The molecule has 40 heavy (non-hydrogen) atoms. The van der Waals surface area contributed by atoms with E-state index in [1.807, 2.05) is 0 Å². The van der Waals surface area contributed by atoms with Crippen molar-refractivity contribution < 1.29 is 27.5 Å². The van der Waals surface area contributed by atoms with Gasteiger partial charge in [-0.15, -0.1) is 0 Å². The van der Waals surface area contributed by atoms with E-state index in [0.29, 0.717) is 24.5 Å². The van der Waals surface area contributed by atoms with Crippen LogP contribution in [0.2, 0.25) is 5.02 Å². The summed E-state index contributed by atoms with van der Waals surface area (Å²) in [7, 11) is -1.19. The highest BCUT2D eigenvalue weighted by Crippen LogP contribution is 2.32. The average Bonchev–Trinajstić information content (AvgIpc) is 2.96. The number of halogens is 1. The zero-order valence-corrected chi connectivity index (χ0v) is 24.5. The van der Waals surface area contributed by atoms with Crippen LogP contribution in [-0.4, -0.2) is 58.5 Å². The maximum atomic E-state index is 14.0. The summed E-state index contributed by atoms with van der Waals surface area (Å²) in [5.41, 5.74) is 0.931. The van der Waals surface area contributed by atoms with Gasteiger partial charge < -0.3 is 19.7 Å². The highest BCUT2D eigenvalue weighted by Gasteiger charge is 2.33. The largest absolute Gasteiger partial charge is 0.497 e. The van der Waals surface area contributed by atoms with Crippen LogP contribution in [0.3, 0.4) is 0 Å². The van der Waals surface area contributed by atoms with Crippen molar-refractivity contribution in [1.29, 1.82) is 0 Å². The predicted molar refractivity (Wildman–Crippen MR) is 155 cm³/mol. The first-order valence-electron chi connectivity index (χ1n) is 12.8. The lowest BCUT2D eigenvalue weighted by molar-refractivity contribution is -0.140. The van der Waals surface area contributed by atoms with E-state index in [4.69, 9.17) is 21.1 Å². The second-order valence-corrected chi connectivity index (χ2v) is 11.1. The van der Waals surface area contributed by atoms with Gasteiger partial charge in [0, 0.05) is 13.1 Å². The van der Waals surface area contributed by atoms with Crippen LogP contribution in [0.4, 0.5) is 5.69 Å². The van der Waals surface area contributed by atoms with Gasteiger partial charge in [0.15, 0.2) is 0 Å². The van der Waals surface area contributed by atoms with Gasteiger partial charge in [0.1, 0.15) is 24.1 Å². The minimum absolute atomic E-state index is 0.00668. The lowest BCUT2D eigenvalue weighted by atomic mass is 10.1. The fraction of sp³-hybridized carbons (Fsp3) is 0.310. The van der Waals surface area contributed by atoms with Crippen molar-refractivity contribution >= 4 is 39.1 Å². The quantitative estimate of drug-likeness (QED) is 0.316. The third-order valence-electron chi connectivity index (χ3n) is 6.28. The number of rotatable bonds is 13. The monoisotopic (exact) mass is 587 g/mol. The molecule has 0 saturated carbocycles. The molecule has 0 spiro atoms. The summed E-state index contributed by atoms with van der Waals surface area (Å²) in [5.74, 6) is 0.128. The van der Waals surface area contributed by atoms with Crippen LogP contribution in [0.25, 0.3) is 0 Å². The molecule has 9 nitrogen and oxygen atoms in total. The Hall–Kier alpha value is -3.76. The van der Waals surface area contributed by atoms with Gasteiger partial charge in [-0.05, 0) is 61.4 Å². The van der Waals surface area contributed by atoms with Gasteiger partial charge in [-0.25, -0.2) is 8.42 Å². The number of ether oxygens (including phenoxy) is 2. The second kappa shape index (κ2) is 14.0. The Balaban J connectivity index is 2.07. The molecular weight excluding hydrogens is 554 g/mol. The topological polar surface area (TPSA) is 105 Å². The standard InChI is InChI=1S/C29H34ClN3O6S/c1-5-26(29(35)31-6-2)32(19-21-12-15-23(38-3)16-13-21)28(34)20-33(22-14-17-27(39-4)25(30)18-22)40(36,37)24-10-8-7-9-11-24/h7-18,26H,5-6,19-20H2,1-4H3,(H,31,35). The molecule has 0 fully saturated rings. The molecule has 0 saturated heterocycles. The molecule has 0 radical (unpaired) electrons. The van der Waals surface area contributed by atoms with Gasteiger partial charge >= 0.3 is 0 Å².